The Balaban J connectivity index is 2.72. The minimum absolute atomic E-state index is 0.0448. The van der Waals surface area contributed by atoms with E-state index in [2.05, 4.69) is 21.0 Å². The molecule has 0 aliphatic carbocycles. The third-order valence-electron chi connectivity index (χ3n) is 2.51. The van der Waals surface area contributed by atoms with E-state index < -0.39 is 22.3 Å². The lowest BCUT2D eigenvalue weighted by atomic mass is 10.2. The minimum Gasteiger partial charge on any atom is -0.504 e. The molecular formula is C11H8BrN3O5. The molecule has 2 N–H and O–H groups in total. The highest BCUT2D eigenvalue weighted by Gasteiger charge is 2.23. The standard InChI is InChI=1S/C11H8BrN3O5/c1-5-2-6(12)10(7(3-5)15(19)20)14-4-8(16)9(13-14)11(17)18/h2-4,16H,1H3,(H,17,18). The molecule has 0 amide bonds. The Morgan fingerprint density at radius 1 is 1.50 bits per heavy atom. The fourth-order valence-electron chi connectivity index (χ4n) is 1.71. The van der Waals surface area contributed by atoms with E-state index in [0.29, 0.717) is 10.0 Å². The predicted molar refractivity (Wildman–Crippen MR) is 71.3 cm³/mol. The number of carboxylic acid groups (broad SMARTS) is 1. The average Bonchev–Trinajstić information content (AvgIpc) is 2.69. The molecule has 0 radical (unpaired) electrons. The van der Waals surface area contributed by atoms with Gasteiger partial charge in [0.1, 0.15) is 0 Å². The Hall–Kier alpha value is -2.42. The van der Waals surface area contributed by atoms with Crippen LogP contribution in [0.15, 0.2) is 22.8 Å². The summed E-state index contributed by atoms with van der Waals surface area (Å²) < 4.78 is 1.32. The fraction of sp³-hybridized carbons (Fsp3) is 0.0909. The number of aromatic carboxylic acids is 1. The van der Waals surface area contributed by atoms with Crippen LogP contribution < -0.4 is 0 Å². The molecule has 9 heteroatoms. The van der Waals surface area contributed by atoms with Crippen LogP contribution in [0.2, 0.25) is 0 Å². The number of nitrogens with zero attached hydrogens (tertiary/aromatic N) is 3. The van der Waals surface area contributed by atoms with Crippen molar-refractivity contribution in [3.8, 4) is 11.4 Å². The van der Waals surface area contributed by atoms with Gasteiger partial charge in [-0.25, -0.2) is 9.48 Å². The van der Waals surface area contributed by atoms with Crippen molar-refractivity contribution >= 4 is 27.6 Å². The molecule has 0 aliphatic heterocycles. The van der Waals surface area contributed by atoms with Crippen LogP contribution in [0.5, 0.6) is 5.75 Å². The van der Waals surface area contributed by atoms with E-state index in [9.17, 15) is 20.0 Å². The topological polar surface area (TPSA) is 118 Å². The molecule has 2 aromatic rings. The normalized spacial score (nSPS) is 10.5. The number of nitro benzene ring substituents is 1. The number of aromatic hydroxyl groups is 1. The second kappa shape index (κ2) is 4.93. The van der Waals surface area contributed by atoms with E-state index in [1.54, 1.807) is 13.0 Å². The molecule has 1 aromatic heterocycles. The zero-order valence-corrected chi connectivity index (χ0v) is 11.7. The molecule has 0 fully saturated rings. The van der Waals surface area contributed by atoms with E-state index >= 15 is 0 Å². The number of halogens is 1. The number of aryl methyl sites for hydroxylation is 1. The van der Waals surface area contributed by atoms with Crippen LogP contribution in [0.1, 0.15) is 16.1 Å². The van der Waals surface area contributed by atoms with Gasteiger partial charge < -0.3 is 10.2 Å². The van der Waals surface area contributed by atoms with Gasteiger partial charge in [-0.05, 0) is 34.5 Å². The predicted octanol–water partition coefficient (Wildman–Crippen LogP) is 2.26. The minimum atomic E-state index is -1.42. The van der Waals surface area contributed by atoms with Gasteiger partial charge in [0.05, 0.1) is 15.6 Å². The van der Waals surface area contributed by atoms with Crippen LogP contribution in [0.25, 0.3) is 5.69 Å². The highest BCUT2D eigenvalue weighted by atomic mass is 79.9. The number of aromatic nitrogens is 2. The maximum Gasteiger partial charge on any atom is 0.360 e. The van der Waals surface area contributed by atoms with Crippen molar-refractivity contribution in [2.75, 3.05) is 0 Å². The molecule has 0 saturated carbocycles. The van der Waals surface area contributed by atoms with E-state index in [1.165, 1.54) is 6.07 Å². The fourth-order valence-corrected chi connectivity index (χ4v) is 2.46. The molecule has 8 nitrogen and oxygen atoms in total. The van der Waals surface area contributed by atoms with E-state index in [0.717, 1.165) is 10.9 Å². The number of nitro groups is 1. The summed E-state index contributed by atoms with van der Waals surface area (Å²) >= 11 is 3.18. The van der Waals surface area contributed by atoms with Crippen LogP contribution in [-0.4, -0.2) is 30.9 Å². The monoisotopic (exact) mass is 341 g/mol. The molecule has 0 aliphatic rings. The van der Waals surface area contributed by atoms with Crippen molar-refractivity contribution in [1.82, 2.24) is 9.78 Å². The Morgan fingerprint density at radius 2 is 2.15 bits per heavy atom. The first-order valence-corrected chi connectivity index (χ1v) is 6.07. The molecule has 0 atom stereocenters. The van der Waals surface area contributed by atoms with E-state index in [1.807, 2.05) is 0 Å². The van der Waals surface area contributed by atoms with E-state index in [-0.39, 0.29) is 11.4 Å². The number of carbonyl (C=O) groups is 1. The van der Waals surface area contributed by atoms with Crippen molar-refractivity contribution in [1.29, 1.82) is 0 Å². The summed E-state index contributed by atoms with van der Waals surface area (Å²) in [6.45, 7) is 1.69. The number of hydrogen-bond donors (Lipinski definition) is 2. The molecule has 1 aromatic carbocycles. The summed E-state index contributed by atoms with van der Waals surface area (Å²) in [5.74, 6) is -1.99. The van der Waals surface area contributed by atoms with Crippen molar-refractivity contribution in [3.63, 3.8) is 0 Å². The van der Waals surface area contributed by atoms with Gasteiger partial charge in [0.2, 0.25) is 5.69 Å². The summed E-state index contributed by atoms with van der Waals surface area (Å²) in [6, 6.07) is 2.96. The number of hydrogen-bond acceptors (Lipinski definition) is 5. The van der Waals surface area contributed by atoms with Crippen molar-refractivity contribution in [2.24, 2.45) is 0 Å². The van der Waals surface area contributed by atoms with Crippen molar-refractivity contribution in [2.45, 2.75) is 6.92 Å². The highest BCUT2D eigenvalue weighted by molar-refractivity contribution is 9.10. The molecule has 0 spiro atoms. The number of benzene rings is 1. The maximum absolute atomic E-state index is 11.1. The quantitative estimate of drug-likeness (QED) is 0.652. The summed E-state index contributed by atoms with van der Waals surface area (Å²) in [4.78, 5) is 21.3. The molecule has 1 heterocycles. The summed E-state index contributed by atoms with van der Waals surface area (Å²) in [5, 5.41) is 33.1. The number of rotatable bonds is 3. The van der Waals surface area contributed by atoms with Gasteiger partial charge in [-0.15, -0.1) is 0 Å². The Labute approximate surface area is 120 Å². The smallest absolute Gasteiger partial charge is 0.360 e. The Bertz CT molecular complexity index is 725. The third-order valence-corrected chi connectivity index (χ3v) is 3.12. The first-order chi connectivity index (χ1) is 9.31. The van der Waals surface area contributed by atoms with E-state index in [4.69, 9.17) is 5.11 Å². The van der Waals surface area contributed by atoms with Crippen LogP contribution in [0.3, 0.4) is 0 Å². The van der Waals surface area contributed by atoms with Crippen molar-refractivity contribution < 1.29 is 19.9 Å². The zero-order chi connectivity index (χ0) is 15.0. The van der Waals surface area contributed by atoms with Crippen LogP contribution in [0.4, 0.5) is 5.69 Å². The molecule has 0 saturated heterocycles. The average molecular weight is 342 g/mol. The Morgan fingerprint density at radius 3 is 2.65 bits per heavy atom. The molecule has 2 rings (SSSR count). The van der Waals surface area contributed by atoms with Crippen molar-refractivity contribution in [3.05, 3.63) is 44.2 Å². The lowest BCUT2D eigenvalue weighted by Crippen LogP contribution is -2.05. The van der Waals surface area contributed by atoms with Crippen LogP contribution in [0, 0.1) is 17.0 Å². The molecule has 0 unspecified atom stereocenters. The number of carboxylic acids is 1. The summed E-state index contributed by atoms with van der Waals surface area (Å²) in [7, 11) is 0. The Kier molecular flexibility index (Phi) is 3.45. The molecule has 0 bridgehead atoms. The van der Waals surface area contributed by atoms with Gasteiger partial charge in [0, 0.05) is 6.07 Å². The first-order valence-electron chi connectivity index (χ1n) is 5.28. The largest absolute Gasteiger partial charge is 0.504 e. The second-order valence-electron chi connectivity index (χ2n) is 3.98. The van der Waals surface area contributed by atoms with Gasteiger partial charge in [-0.2, -0.15) is 5.10 Å². The van der Waals surface area contributed by atoms with Crippen LogP contribution in [-0.2, 0) is 0 Å². The van der Waals surface area contributed by atoms with Gasteiger partial charge >= 0.3 is 5.97 Å². The first kappa shape index (κ1) is 14.0. The lowest BCUT2D eigenvalue weighted by molar-refractivity contribution is -0.384. The SMILES string of the molecule is Cc1cc(Br)c(-n2cc(O)c(C(=O)O)n2)c([N+](=O)[O-])c1. The lowest BCUT2D eigenvalue weighted by Gasteiger charge is -2.06. The summed E-state index contributed by atoms with van der Waals surface area (Å²) in [5.41, 5.74) is -0.131. The third kappa shape index (κ3) is 2.35. The zero-order valence-electron chi connectivity index (χ0n) is 10.1. The van der Waals surface area contributed by atoms with Gasteiger partial charge in [-0.3, -0.25) is 10.1 Å². The van der Waals surface area contributed by atoms with Gasteiger partial charge in [0.15, 0.2) is 11.4 Å². The second-order valence-corrected chi connectivity index (χ2v) is 4.84. The molecular weight excluding hydrogens is 334 g/mol. The molecule has 20 heavy (non-hydrogen) atoms. The van der Waals surface area contributed by atoms with Gasteiger partial charge in [-0.1, -0.05) is 0 Å². The summed E-state index contributed by atoms with van der Waals surface area (Å²) in [6.07, 6.45) is 1.01. The highest BCUT2D eigenvalue weighted by Crippen LogP contribution is 2.33. The van der Waals surface area contributed by atoms with Gasteiger partial charge in [0.25, 0.3) is 5.69 Å². The molecule has 104 valence electrons. The van der Waals surface area contributed by atoms with Crippen LogP contribution >= 0.6 is 15.9 Å². The maximum atomic E-state index is 11.1.